The molecule has 0 aliphatic heterocycles. The number of nitrogens with zero attached hydrogens (tertiary/aromatic N) is 1. The molecule has 3 N–H and O–H groups in total. The molecule has 2 rings (SSSR count). The number of hydrogen-bond acceptors (Lipinski definition) is 4. The number of benzene rings is 1. The van der Waals surface area contributed by atoms with Crippen molar-refractivity contribution >= 4 is 0 Å². The summed E-state index contributed by atoms with van der Waals surface area (Å²) in [5.41, 5.74) is 9.50. The molecule has 0 saturated carbocycles. The number of H-pyrrole nitrogens is 1. The molecule has 0 bridgehead atoms. The normalized spacial score (nSPS) is 10.6. The van der Waals surface area contributed by atoms with Gasteiger partial charge in [-0.25, -0.2) is 4.98 Å². The third-order valence-corrected chi connectivity index (χ3v) is 3.07. The average molecular weight is 261 g/mol. The van der Waals surface area contributed by atoms with Crippen LogP contribution in [0.25, 0.3) is 11.3 Å². The second-order valence-corrected chi connectivity index (χ2v) is 4.38. The Morgan fingerprint density at radius 1 is 1.21 bits per heavy atom. The molecule has 19 heavy (non-hydrogen) atoms. The highest BCUT2D eigenvalue weighted by atomic mass is 16.5. The maximum atomic E-state index is 5.76. The Kier molecular flexibility index (Phi) is 3.76. The van der Waals surface area contributed by atoms with Crippen LogP contribution in [0.15, 0.2) is 12.1 Å². The predicted octanol–water partition coefficient (Wildman–Crippen LogP) is 2.17. The number of methoxy groups -OCH3 is 2. The van der Waals surface area contributed by atoms with Crippen LogP contribution in [0.4, 0.5) is 0 Å². The summed E-state index contributed by atoms with van der Waals surface area (Å²) in [6, 6.07) is 3.81. The molecule has 2 aromatic rings. The largest absolute Gasteiger partial charge is 0.497 e. The van der Waals surface area contributed by atoms with Gasteiger partial charge in [0.2, 0.25) is 0 Å². The van der Waals surface area contributed by atoms with Gasteiger partial charge in [0.05, 0.1) is 25.6 Å². The van der Waals surface area contributed by atoms with Crippen LogP contribution in [-0.2, 0) is 6.54 Å². The Bertz CT molecular complexity index is 591. The number of ether oxygens (including phenoxy) is 2. The Morgan fingerprint density at radius 3 is 2.53 bits per heavy atom. The predicted molar refractivity (Wildman–Crippen MR) is 74.5 cm³/mol. The summed E-state index contributed by atoms with van der Waals surface area (Å²) in [6.45, 7) is 4.32. The van der Waals surface area contributed by atoms with Crippen molar-refractivity contribution in [3.8, 4) is 22.8 Å². The van der Waals surface area contributed by atoms with E-state index in [0.29, 0.717) is 6.54 Å². The lowest BCUT2D eigenvalue weighted by Crippen LogP contribution is -2.01. The highest BCUT2D eigenvalue weighted by molar-refractivity contribution is 5.74. The minimum Gasteiger partial charge on any atom is -0.497 e. The van der Waals surface area contributed by atoms with E-state index in [0.717, 1.165) is 39.8 Å². The number of rotatable bonds is 4. The van der Waals surface area contributed by atoms with Gasteiger partial charge < -0.3 is 20.2 Å². The van der Waals surface area contributed by atoms with E-state index in [1.54, 1.807) is 14.2 Å². The SMILES string of the molecule is COc1cc(C)c(-c2nc(C)[nH]c2CN)c(OC)c1. The van der Waals surface area contributed by atoms with Gasteiger partial charge in [-0.3, -0.25) is 0 Å². The van der Waals surface area contributed by atoms with Crippen LogP contribution in [-0.4, -0.2) is 24.2 Å². The van der Waals surface area contributed by atoms with Crippen molar-refractivity contribution < 1.29 is 9.47 Å². The number of aromatic nitrogens is 2. The first-order chi connectivity index (χ1) is 9.10. The van der Waals surface area contributed by atoms with Crippen LogP contribution in [0.5, 0.6) is 11.5 Å². The first-order valence-corrected chi connectivity index (χ1v) is 6.09. The van der Waals surface area contributed by atoms with Crippen molar-refractivity contribution in [2.45, 2.75) is 20.4 Å². The number of aromatic amines is 1. The highest BCUT2D eigenvalue weighted by Gasteiger charge is 2.17. The van der Waals surface area contributed by atoms with E-state index >= 15 is 0 Å². The van der Waals surface area contributed by atoms with Crippen LogP contribution >= 0.6 is 0 Å². The maximum absolute atomic E-state index is 5.76. The van der Waals surface area contributed by atoms with Crippen molar-refractivity contribution in [3.05, 3.63) is 29.2 Å². The molecule has 0 aliphatic rings. The van der Waals surface area contributed by atoms with E-state index in [4.69, 9.17) is 15.2 Å². The first-order valence-electron chi connectivity index (χ1n) is 6.09. The van der Waals surface area contributed by atoms with E-state index in [9.17, 15) is 0 Å². The summed E-state index contributed by atoms with van der Waals surface area (Å²) in [4.78, 5) is 7.70. The van der Waals surface area contributed by atoms with Gasteiger partial charge in [0.25, 0.3) is 0 Å². The molecule has 1 heterocycles. The Morgan fingerprint density at radius 2 is 1.95 bits per heavy atom. The average Bonchev–Trinajstić information content (AvgIpc) is 2.78. The molecule has 0 unspecified atom stereocenters. The van der Waals surface area contributed by atoms with Gasteiger partial charge in [0.1, 0.15) is 17.3 Å². The van der Waals surface area contributed by atoms with E-state index < -0.39 is 0 Å². The molecule has 0 spiro atoms. The summed E-state index contributed by atoms with van der Waals surface area (Å²) >= 11 is 0. The summed E-state index contributed by atoms with van der Waals surface area (Å²) in [7, 11) is 3.28. The fourth-order valence-corrected chi connectivity index (χ4v) is 2.20. The van der Waals surface area contributed by atoms with Crippen molar-refractivity contribution in [1.82, 2.24) is 9.97 Å². The van der Waals surface area contributed by atoms with Crippen molar-refractivity contribution in [3.63, 3.8) is 0 Å². The molecule has 0 saturated heterocycles. The third kappa shape index (κ3) is 2.42. The monoisotopic (exact) mass is 261 g/mol. The Hall–Kier alpha value is -2.01. The highest BCUT2D eigenvalue weighted by Crippen LogP contribution is 2.37. The zero-order valence-electron chi connectivity index (χ0n) is 11.7. The lowest BCUT2D eigenvalue weighted by molar-refractivity contribution is 0.395. The lowest BCUT2D eigenvalue weighted by atomic mass is 10.0. The van der Waals surface area contributed by atoms with Crippen LogP contribution in [0.2, 0.25) is 0 Å². The molecule has 0 radical (unpaired) electrons. The van der Waals surface area contributed by atoms with Gasteiger partial charge in [-0.05, 0) is 25.5 Å². The topological polar surface area (TPSA) is 73.2 Å². The molecule has 0 aliphatic carbocycles. The van der Waals surface area contributed by atoms with Crippen LogP contribution in [0.1, 0.15) is 17.1 Å². The minimum atomic E-state index is 0.408. The minimum absolute atomic E-state index is 0.408. The second-order valence-electron chi connectivity index (χ2n) is 4.38. The molecule has 0 amide bonds. The van der Waals surface area contributed by atoms with Gasteiger partial charge in [-0.2, -0.15) is 0 Å². The standard InChI is InChI=1S/C14H19N3O2/c1-8-5-10(18-3)6-12(19-4)13(8)14-11(7-15)16-9(2)17-14/h5-6H,7,15H2,1-4H3,(H,16,17). The number of hydrogen-bond donors (Lipinski definition) is 2. The van der Waals surface area contributed by atoms with E-state index in [1.165, 1.54) is 0 Å². The molecular weight excluding hydrogens is 242 g/mol. The van der Waals surface area contributed by atoms with Gasteiger partial charge >= 0.3 is 0 Å². The molecule has 5 nitrogen and oxygen atoms in total. The van der Waals surface area contributed by atoms with Crippen molar-refractivity contribution in [2.75, 3.05) is 14.2 Å². The van der Waals surface area contributed by atoms with E-state index in [1.807, 2.05) is 26.0 Å². The van der Waals surface area contributed by atoms with Gasteiger partial charge in [-0.1, -0.05) is 0 Å². The number of imidazole rings is 1. The second kappa shape index (κ2) is 5.32. The van der Waals surface area contributed by atoms with Crippen molar-refractivity contribution in [2.24, 2.45) is 5.73 Å². The molecule has 1 aromatic heterocycles. The number of nitrogens with one attached hydrogen (secondary N) is 1. The molecule has 102 valence electrons. The zero-order chi connectivity index (χ0) is 14.0. The van der Waals surface area contributed by atoms with Crippen LogP contribution < -0.4 is 15.2 Å². The number of nitrogens with two attached hydrogens (primary N) is 1. The van der Waals surface area contributed by atoms with Crippen molar-refractivity contribution in [1.29, 1.82) is 0 Å². The molecule has 0 atom stereocenters. The van der Waals surface area contributed by atoms with Gasteiger partial charge in [0, 0.05) is 18.2 Å². The Labute approximate surface area is 112 Å². The summed E-state index contributed by atoms with van der Waals surface area (Å²) in [5, 5.41) is 0. The maximum Gasteiger partial charge on any atom is 0.132 e. The first kappa shape index (κ1) is 13.4. The quantitative estimate of drug-likeness (QED) is 0.884. The fourth-order valence-electron chi connectivity index (χ4n) is 2.20. The van der Waals surface area contributed by atoms with Crippen LogP contribution in [0.3, 0.4) is 0 Å². The van der Waals surface area contributed by atoms with Gasteiger partial charge in [0.15, 0.2) is 0 Å². The molecule has 1 aromatic carbocycles. The van der Waals surface area contributed by atoms with E-state index in [-0.39, 0.29) is 0 Å². The summed E-state index contributed by atoms with van der Waals surface area (Å²) < 4.78 is 10.7. The Balaban J connectivity index is 2.66. The fraction of sp³-hybridized carbons (Fsp3) is 0.357. The third-order valence-electron chi connectivity index (χ3n) is 3.07. The zero-order valence-corrected chi connectivity index (χ0v) is 11.7. The molecule has 5 heteroatoms. The smallest absolute Gasteiger partial charge is 0.132 e. The molecule has 0 fully saturated rings. The number of aryl methyl sites for hydroxylation is 2. The van der Waals surface area contributed by atoms with Gasteiger partial charge in [-0.15, -0.1) is 0 Å². The summed E-state index contributed by atoms with van der Waals surface area (Å²) in [5.74, 6) is 2.34. The molecular formula is C14H19N3O2. The van der Waals surface area contributed by atoms with E-state index in [2.05, 4.69) is 9.97 Å². The summed E-state index contributed by atoms with van der Waals surface area (Å²) in [6.07, 6.45) is 0. The van der Waals surface area contributed by atoms with Crippen LogP contribution in [0, 0.1) is 13.8 Å². The lowest BCUT2D eigenvalue weighted by Gasteiger charge is -2.13.